The van der Waals surface area contributed by atoms with Crippen LogP contribution in [0.15, 0.2) is 0 Å². The van der Waals surface area contributed by atoms with Gasteiger partial charge in [0, 0.05) is 12.6 Å². The second-order valence-corrected chi connectivity index (χ2v) is 7.57. The molecule has 0 bridgehead atoms. The topological polar surface area (TPSA) is 29.3 Å². The number of rotatable bonds is 5. The first kappa shape index (κ1) is 16.3. The fraction of sp³-hybridized carbons (Fsp3) is 1.00. The zero-order valence-corrected chi connectivity index (χ0v) is 14.0. The number of nitrogens with zero attached hydrogens (tertiary/aromatic N) is 1. The van der Waals surface area contributed by atoms with Gasteiger partial charge < -0.3 is 5.73 Å². The molecule has 2 fully saturated rings. The molecule has 1 saturated carbocycles. The van der Waals surface area contributed by atoms with Crippen molar-refractivity contribution in [3.05, 3.63) is 0 Å². The van der Waals surface area contributed by atoms with E-state index >= 15 is 0 Å². The first-order valence-electron chi connectivity index (χ1n) is 9.08. The molecular formula is C18H36N2. The van der Waals surface area contributed by atoms with Crippen molar-refractivity contribution in [2.24, 2.45) is 23.0 Å². The lowest BCUT2D eigenvalue weighted by atomic mass is 9.73. The quantitative estimate of drug-likeness (QED) is 0.823. The largest absolute Gasteiger partial charge is 0.329 e. The van der Waals surface area contributed by atoms with E-state index in [9.17, 15) is 0 Å². The highest BCUT2D eigenvalue weighted by molar-refractivity contribution is 4.90. The van der Waals surface area contributed by atoms with Crippen LogP contribution in [0.2, 0.25) is 0 Å². The Kier molecular flexibility index (Phi) is 5.92. The Bertz CT molecular complexity index is 267. The Hall–Kier alpha value is -0.0800. The van der Waals surface area contributed by atoms with Gasteiger partial charge in [0.2, 0.25) is 0 Å². The van der Waals surface area contributed by atoms with Crippen LogP contribution in [0.5, 0.6) is 0 Å². The molecule has 0 aromatic heterocycles. The summed E-state index contributed by atoms with van der Waals surface area (Å²) in [6, 6.07) is 0.661. The molecule has 2 heteroatoms. The SMILES string of the molecule is CCC1(CC)CCN(C(CN)C2CCC(C)CC2)CC1. The molecule has 1 aliphatic carbocycles. The molecule has 20 heavy (non-hydrogen) atoms. The molecule has 1 unspecified atom stereocenters. The lowest BCUT2D eigenvalue weighted by molar-refractivity contribution is 0.0369. The minimum Gasteiger partial charge on any atom is -0.329 e. The van der Waals surface area contributed by atoms with Crippen molar-refractivity contribution in [3.63, 3.8) is 0 Å². The smallest absolute Gasteiger partial charge is 0.0246 e. The molecule has 1 atom stereocenters. The molecule has 0 aromatic rings. The van der Waals surface area contributed by atoms with Crippen LogP contribution < -0.4 is 5.73 Å². The average Bonchev–Trinajstić information content (AvgIpc) is 2.51. The summed E-state index contributed by atoms with van der Waals surface area (Å²) in [4.78, 5) is 2.74. The van der Waals surface area contributed by atoms with Crippen molar-refractivity contribution >= 4 is 0 Å². The standard InChI is InChI=1S/C18H36N2/c1-4-18(5-2)10-12-20(13-11-18)17(14-19)16-8-6-15(3)7-9-16/h15-17H,4-14,19H2,1-3H3. The molecule has 0 amide bonds. The predicted molar refractivity (Wildman–Crippen MR) is 87.8 cm³/mol. The van der Waals surface area contributed by atoms with Crippen LogP contribution in [0.3, 0.4) is 0 Å². The molecular weight excluding hydrogens is 244 g/mol. The van der Waals surface area contributed by atoms with Gasteiger partial charge in [-0.15, -0.1) is 0 Å². The zero-order chi connectivity index (χ0) is 14.6. The number of hydrogen-bond donors (Lipinski definition) is 1. The molecule has 2 N–H and O–H groups in total. The lowest BCUT2D eigenvalue weighted by Crippen LogP contribution is -2.51. The van der Waals surface area contributed by atoms with Crippen LogP contribution in [0.25, 0.3) is 0 Å². The molecule has 0 spiro atoms. The maximum absolute atomic E-state index is 6.16. The van der Waals surface area contributed by atoms with E-state index in [1.807, 2.05) is 0 Å². The zero-order valence-electron chi connectivity index (χ0n) is 14.0. The van der Waals surface area contributed by atoms with Gasteiger partial charge >= 0.3 is 0 Å². The van der Waals surface area contributed by atoms with E-state index in [1.165, 1.54) is 64.5 Å². The molecule has 1 saturated heterocycles. The second kappa shape index (κ2) is 7.26. The summed E-state index contributed by atoms with van der Waals surface area (Å²) in [5.41, 5.74) is 6.80. The Labute approximate surface area is 126 Å². The van der Waals surface area contributed by atoms with E-state index in [2.05, 4.69) is 25.7 Å². The van der Waals surface area contributed by atoms with Crippen LogP contribution in [0.1, 0.15) is 72.1 Å². The minimum atomic E-state index is 0.636. The predicted octanol–water partition coefficient (Wildman–Crippen LogP) is 4.04. The van der Waals surface area contributed by atoms with Crippen molar-refractivity contribution < 1.29 is 0 Å². The maximum Gasteiger partial charge on any atom is 0.0246 e. The molecule has 0 radical (unpaired) electrons. The normalized spacial score (nSPS) is 33.0. The van der Waals surface area contributed by atoms with Gasteiger partial charge in [-0.1, -0.05) is 46.5 Å². The van der Waals surface area contributed by atoms with E-state index in [1.54, 1.807) is 0 Å². The second-order valence-electron chi connectivity index (χ2n) is 7.57. The van der Waals surface area contributed by atoms with Crippen molar-refractivity contribution in [2.45, 2.75) is 78.2 Å². The molecule has 1 heterocycles. The highest BCUT2D eigenvalue weighted by Crippen LogP contribution is 2.40. The third kappa shape index (κ3) is 3.57. The van der Waals surface area contributed by atoms with E-state index in [4.69, 9.17) is 5.73 Å². The summed E-state index contributed by atoms with van der Waals surface area (Å²) in [6.45, 7) is 10.6. The van der Waals surface area contributed by atoms with Gasteiger partial charge in [0.05, 0.1) is 0 Å². The fourth-order valence-corrected chi connectivity index (χ4v) is 4.60. The Balaban J connectivity index is 1.90. The summed E-state index contributed by atoms with van der Waals surface area (Å²) < 4.78 is 0. The molecule has 0 aromatic carbocycles. The van der Waals surface area contributed by atoms with Crippen LogP contribution in [0, 0.1) is 17.3 Å². The van der Waals surface area contributed by atoms with Crippen LogP contribution in [0.4, 0.5) is 0 Å². The monoisotopic (exact) mass is 280 g/mol. The summed E-state index contributed by atoms with van der Waals surface area (Å²) in [5, 5.41) is 0. The third-order valence-corrected chi connectivity index (χ3v) is 6.67. The Morgan fingerprint density at radius 3 is 2.05 bits per heavy atom. The number of likely N-dealkylation sites (tertiary alicyclic amines) is 1. The van der Waals surface area contributed by atoms with Crippen LogP contribution in [-0.4, -0.2) is 30.6 Å². The summed E-state index contributed by atoms with van der Waals surface area (Å²) in [5.74, 6) is 1.81. The van der Waals surface area contributed by atoms with Crippen LogP contribution in [-0.2, 0) is 0 Å². The molecule has 1 aliphatic heterocycles. The van der Waals surface area contributed by atoms with E-state index < -0.39 is 0 Å². The van der Waals surface area contributed by atoms with Crippen LogP contribution >= 0.6 is 0 Å². The lowest BCUT2D eigenvalue weighted by Gasteiger charge is -2.46. The summed E-state index contributed by atoms with van der Waals surface area (Å²) in [6.07, 6.45) is 11.1. The van der Waals surface area contributed by atoms with Gasteiger partial charge in [0.25, 0.3) is 0 Å². The van der Waals surface area contributed by atoms with Gasteiger partial charge in [-0.25, -0.2) is 0 Å². The van der Waals surface area contributed by atoms with Gasteiger partial charge in [-0.2, -0.15) is 0 Å². The van der Waals surface area contributed by atoms with Crippen molar-refractivity contribution in [1.29, 1.82) is 0 Å². The van der Waals surface area contributed by atoms with Gasteiger partial charge in [0.1, 0.15) is 0 Å². The summed E-state index contributed by atoms with van der Waals surface area (Å²) in [7, 11) is 0. The minimum absolute atomic E-state index is 0.636. The van der Waals surface area contributed by atoms with E-state index in [0.29, 0.717) is 11.5 Å². The Morgan fingerprint density at radius 1 is 1.05 bits per heavy atom. The van der Waals surface area contributed by atoms with Gasteiger partial charge in [0.15, 0.2) is 0 Å². The highest BCUT2D eigenvalue weighted by Gasteiger charge is 2.36. The van der Waals surface area contributed by atoms with E-state index in [-0.39, 0.29) is 0 Å². The molecule has 2 rings (SSSR count). The van der Waals surface area contributed by atoms with Crippen molar-refractivity contribution in [2.75, 3.05) is 19.6 Å². The highest BCUT2D eigenvalue weighted by atomic mass is 15.2. The molecule has 2 aliphatic rings. The maximum atomic E-state index is 6.16. The molecule has 118 valence electrons. The van der Waals surface area contributed by atoms with E-state index in [0.717, 1.165) is 18.4 Å². The molecule has 2 nitrogen and oxygen atoms in total. The van der Waals surface area contributed by atoms with Gasteiger partial charge in [-0.3, -0.25) is 4.90 Å². The summed E-state index contributed by atoms with van der Waals surface area (Å²) >= 11 is 0. The fourth-order valence-electron chi connectivity index (χ4n) is 4.60. The van der Waals surface area contributed by atoms with Gasteiger partial charge in [-0.05, 0) is 56.0 Å². The van der Waals surface area contributed by atoms with Crippen molar-refractivity contribution in [3.8, 4) is 0 Å². The Morgan fingerprint density at radius 2 is 1.60 bits per heavy atom. The average molecular weight is 280 g/mol. The number of hydrogen-bond acceptors (Lipinski definition) is 2. The first-order valence-corrected chi connectivity index (χ1v) is 9.08. The number of piperidine rings is 1. The third-order valence-electron chi connectivity index (χ3n) is 6.67. The number of nitrogens with two attached hydrogens (primary N) is 1. The first-order chi connectivity index (χ1) is 9.64. The van der Waals surface area contributed by atoms with Crippen molar-refractivity contribution in [1.82, 2.24) is 4.90 Å².